The summed E-state index contributed by atoms with van der Waals surface area (Å²) in [6.07, 6.45) is 2.57. The van der Waals surface area contributed by atoms with Crippen LogP contribution < -0.4 is 15.5 Å². The van der Waals surface area contributed by atoms with E-state index >= 15 is 0 Å². The minimum Gasteiger partial charge on any atom is -0.497 e. The molecule has 1 unspecified atom stereocenters. The number of ether oxygens (including phenoxy) is 1. The number of hydrogen-bond acceptors (Lipinski definition) is 4. The molecule has 1 aromatic carbocycles. The van der Waals surface area contributed by atoms with Crippen LogP contribution in [0.15, 0.2) is 24.3 Å². The Bertz CT molecular complexity index is 382. The highest BCUT2D eigenvalue weighted by Crippen LogP contribution is 2.18. The van der Waals surface area contributed by atoms with Gasteiger partial charge >= 0.3 is 0 Å². The normalized spacial score (nSPS) is 11.7. The molecular formula is C13H20N2O3. The Labute approximate surface area is 107 Å². The van der Waals surface area contributed by atoms with Crippen molar-refractivity contribution in [1.82, 2.24) is 5.48 Å². The lowest BCUT2D eigenvalue weighted by atomic mass is 10.1. The van der Waals surface area contributed by atoms with E-state index in [0.717, 1.165) is 24.3 Å². The van der Waals surface area contributed by atoms with Gasteiger partial charge in [0.25, 0.3) is 5.91 Å². The van der Waals surface area contributed by atoms with Crippen LogP contribution in [-0.2, 0) is 4.79 Å². The van der Waals surface area contributed by atoms with Crippen molar-refractivity contribution in [3.05, 3.63) is 24.3 Å². The smallest absolute Gasteiger partial charge is 0.265 e. The quantitative estimate of drug-likeness (QED) is 0.514. The molecule has 0 aliphatic carbocycles. The fourth-order valence-electron chi connectivity index (χ4n) is 1.67. The van der Waals surface area contributed by atoms with E-state index in [0.29, 0.717) is 6.42 Å². The van der Waals surface area contributed by atoms with Gasteiger partial charge in [-0.3, -0.25) is 10.0 Å². The second-order valence-electron chi connectivity index (χ2n) is 4.05. The lowest BCUT2D eigenvalue weighted by Gasteiger charge is -2.18. The number of nitrogens with one attached hydrogen (secondary N) is 2. The van der Waals surface area contributed by atoms with Crippen molar-refractivity contribution < 1.29 is 14.7 Å². The standard InChI is InChI=1S/C13H20N2O3/c1-3-4-8-12(13(16)15-17)14-10-6-5-7-11(9-10)18-2/h5-7,9,12,14,17H,3-4,8H2,1-2H3,(H,15,16). The molecule has 100 valence electrons. The van der Waals surface area contributed by atoms with E-state index in [2.05, 4.69) is 12.2 Å². The summed E-state index contributed by atoms with van der Waals surface area (Å²) in [5, 5.41) is 11.8. The number of benzene rings is 1. The highest BCUT2D eigenvalue weighted by atomic mass is 16.5. The number of anilines is 1. The minimum atomic E-state index is -0.443. The molecule has 0 aliphatic rings. The zero-order valence-electron chi connectivity index (χ0n) is 10.8. The van der Waals surface area contributed by atoms with Crippen LogP contribution in [0.25, 0.3) is 0 Å². The van der Waals surface area contributed by atoms with Gasteiger partial charge in [-0.15, -0.1) is 0 Å². The number of methoxy groups -OCH3 is 1. The van der Waals surface area contributed by atoms with E-state index in [9.17, 15) is 4.79 Å². The third kappa shape index (κ3) is 4.25. The SMILES string of the molecule is CCCCC(Nc1cccc(OC)c1)C(=O)NO. The molecule has 0 saturated heterocycles. The van der Waals surface area contributed by atoms with Crippen molar-refractivity contribution in [2.75, 3.05) is 12.4 Å². The first-order valence-electron chi connectivity index (χ1n) is 6.05. The van der Waals surface area contributed by atoms with Crippen LogP contribution in [0.3, 0.4) is 0 Å². The number of unbranched alkanes of at least 4 members (excludes halogenated alkanes) is 1. The zero-order valence-corrected chi connectivity index (χ0v) is 10.8. The number of carbonyl (C=O) groups is 1. The van der Waals surface area contributed by atoms with Crippen LogP contribution >= 0.6 is 0 Å². The summed E-state index contributed by atoms with van der Waals surface area (Å²) < 4.78 is 5.11. The van der Waals surface area contributed by atoms with Gasteiger partial charge in [-0.2, -0.15) is 0 Å². The molecule has 18 heavy (non-hydrogen) atoms. The van der Waals surface area contributed by atoms with Gasteiger partial charge in [-0.25, -0.2) is 5.48 Å². The predicted octanol–water partition coefficient (Wildman–Crippen LogP) is 2.17. The maximum atomic E-state index is 11.5. The highest BCUT2D eigenvalue weighted by Gasteiger charge is 2.17. The number of carbonyl (C=O) groups excluding carboxylic acids is 1. The largest absolute Gasteiger partial charge is 0.497 e. The Morgan fingerprint density at radius 1 is 1.50 bits per heavy atom. The number of amides is 1. The Kier molecular flexibility index (Phi) is 6.00. The van der Waals surface area contributed by atoms with Crippen LogP contribution in [0.1, 0.15) is 26.2 Å². The Balaban J connectivity index is 2.71. The lowest BCUT2D eigenvalue weighted by molar-refractivity contribution is -0.130. The fraction of sp³-hybridized carbons (Fsp3) is 0.462. The molecule has 3 N–H and O–H groups in total. The Hall–Kier alpha value is -1.75. The first-order chi connectivity index (χ1) is 8.71. The summed E-state index contributed by atoms with van der Waals surface area (Å²) in [7, 11) is 1.59. The molecule has 5 nitrogen and oxygen atoms in total. The molecule has 1 aromatic rings. The minimum absolute atomic E-state index is 0.425. The molecule has 0 saturated carbocycles. The number of hydroxylamine groups is 1. The zero-order chi connectivity index (χ0) is 13.4. The molecule has 1 atom stereocenters. The molecule has 0 bridgehead atoms. The molecule has 5 heteroatoms. The van der Waals surface area contributed by atoms with Gasteiger partial charge in [0.2, 0.25) is 0 Å². The summed E-state index contributed by atoms with van der Waals surface area (Å²) in [5.74, 6) is 0.296. The topological polar surface area (TPSA) is 70.6 Å². The monoisotopic (exact) mass is 252 g/mol. The van der Waals surface area contributed by atoms with Crippen LogP contribution in [0.2, 0.25) is 0 Å². The summed E-state index contributed by atoms with van der Waals surface area (Å²) >= 11 is 0. The van der Waals surface area contributed by atoms with Gasteiger partial charge in [0.1, 0.15) is 11.8 Å². The maximum absolute atomic E-state index is 11.5. The fourth-order valence-corrected chi connectivity index (χ4v) is 1.67. The summed E-state index contributed by atoms with van der Waals surface area (Å²) in [6, 6.07) is 6.89. The summed E-state index contributed by atoms with van der Waals surface area (Å²) in [6.45, 7) is 2.06. The average molecular weight is 252 g/mol. The van der Waals surface area contributed by atoms with Gasteiger partial charge in [0.05, 0.1) is 7.11 Å². The molecule has 1 rings (SSSR count). The highest BCUT2D eigenvalue weighted by molar-refractivity contribution is 5.83. The third-order valence-corrected chi connectivity index (χ3v) is 2.68. The molecule has 0 aromatic heterocycles. The van der Waals surface area contributed by atoms with E-state index in [-0.39, 0.29) is 0 Å². The van der Waals surface area contributed by atoms with E-state index in [1.54, 1.807) is 12.6 Å². The van der Waals surface area contributed by atoms with E-state index in [1.165, 1.54) is 0 Å². The van der Waals surface area contributed by atoms with Gasteiger partial charge in [-0.1, -0.05) is 25.8 Å². The van der Waals surface area contributed by atoms with Crippen molar-refractivity contribution in [2.45, 2.75) is 32.2 Å². The van der Waals surface area contributed by atoms with Gasteiger partial charge in [0.15, 0.2) is 0 Å². The van der Waals surface area contributed by atoms with Crippen molar-refractivity contribution >= 4 is 11.6 Å². The first-order valence-corrected chi connectivity index (χ1v) is 6.05. The number of hydrogen-bond donors (Lipinski definition) is 3. The Morgan fingerprint density at radius 2 is 2.28 bits per heavy atom. The first kappa shape index (κ1) is 14.3. The van der Waals surface area contributed by atoms with Crippen LogP contribution in [0, 0.1) is 0 Å². The van der Waals surface area contributed by atoms with E-state index < -0.39 is 11.9 Å². The molecule has 0 fully saturated rings. The summed E-state index contributed by atoms with van der Waals surface area (Å²) in [5.41, 5.74) is 2.48. The second kappa shape index (κ2) is 7.55. The molecular weight excluding hydrogens is 232 g/mol. The van der Waals surface area contributed by atoms with Gasteiger partial charge in [-0.05, 0) is 18.6 Å². The van der Waals surface area contributed by atoms with E-state index in [4.69, 9.17) is 9.94 Å². The van der Waals surface area contributed by atoms with Crippen LogP contribution in [0.4, 0.5) is 5.69 Å². The predicted molar refractivity (Wildman–Crippen MR) is 69.9 cm³/mol. The van der Waals surface area contributed by atoms with Crippen molar-refractivity contribution in [2.24, 2.45) is 0 Å². The van der Waals surface area contributed by atoms with E-state index in [1.807, 2.05) is 24.3 Å². The van der Waals surface area contributed by atoms with Gasteiger partial charge in [0, 0.05) is 11.8 Å². The summed E-state index contributed by atoms with van der Waals surface area (Å²) in [4.78, 5) is 11.5. The average Bonchev–Trinajstić information content (AvgIpc) is 2.42. The number of rotatable bonds is 7. The van der Waals surface area contributed by atoms with Crippen molar-refractivity contribution in [1.29, 1.82) is 0 Å². The molecule has 0 aliphatic heterocycles. The molecule has 1 amide bonds. The van der Waals surface area contributed by atoms with Crippen molar-refractivity contribution in [3.63, 3.8) is 0 Å². The second-order valence-corrected chi connectivity index (χ2v) is 4.05. The molecule has 0 radical (unpaired) electrons. The maximum Gasteiger partial charge on any atom is 0.265 e. The lowest BCUT2D eigenvalue weighted by Crippen LogP contribution is -2.38. The van der Waals surface area contributed by atoms with Gasteiger partial charge < -0.3 is 10.1 Å². The van der Waals surface area contributed by atoms with Crippen molar-refractivity contribution in [3.8, 4) is 5.75 Å². The molecule has 0 heterocycles. The van der Waals surface area contributed by atoms with Crippen LogP contribution in [0.5, 0.6) is 5.75 Å². The van der Waals surface area contributed by atoms with Crippen LogP contribution in [-0.4, -0.2) is 24.3 Å². The Morgan fingerprint density at radius 3 is 2.89 bits per heavy atom. The molecule has 0 spiro atoms. The third-order valence-electron chi connectivity index (χ3n) is 2.68.